The van der Waals surface area contributed by atoms with Crippen molar-refractivity contribution >= 4 is 42.8 Å². The highest BCUT2D eigenvalue weighted by molar-refractivity contribution is 9.13. The molecule has 0 fully saturated rings. The Hall–Kier alpha value is -0.610. The number of halogens is 2. The molecule has 0 aliphatic rings. The Balaban J connectivity index is 2.78. The number of hydrogen-bond acceptors (Lipinski definition) is 2. The number of hydrogen-bond donors (Lipinski definition) is 0. The van der Waals surface area contributed by atoms with Gasteiger partial charge < -0.3 is 4.74 Å². The number of ether oxygens (including phenoxy) is 1. The second kappa shape index (κ2) is 3.87. The van der Waals surface area contributed by atoms with Crippen molar-refractivity contribution in [1.29, 1.82) is 0 Å². The van der Waals surface area contributed by atoms with Crippen molar-refractivity contribution in [2.45, 2.75) is 0 Å². The number of aromatic nitrogens is 1. The number of methoxy groups -OCH3 is 1. The maximum atomic E-state index is 5.15. The Bertz CT molecular complexity index is 485. The molecule has 1 aromatic heterocycles. The summed E-state index contributed by atoms with van der Waals surface area (Å²) in [5, 5.41) is 1.04. The SMILES string of the molecule is COc1ccc2ncc(Br)c(Br)c2c1. The summed E-state index contributed by atoms with van der Waals surface area (Å²) in [6, 6.07) is 5.79. The number of rotatable bonds is 1. The predicted octanol–water partition coefficient (Wildman–Crippen LogP) is 3.77. The highest BCUT2D eigenvalue weighted by Crippen LogP contribution is 2.31. The molecule has 0 bridgehead atoms. The summed E-state index contributed by atoms with van der Waals surface area (Å²) in [5.74, 6) is 0.832. The zero-order chi connectivity index (χ0) is 10.1. The molecule has 14 heavy (non-hydrogen) atoms. The molecule has 0 amide bonds. The molecule has 0 N–H and O–H groups in total. The van der Waals surface area contributed by atoms with E-state index in [4.69, 9.17) is 4.74 Å². The van der Waals surface area contributed by atoms with E-state index in [-0.39, 0.29) is 0 Å². The van der Waals surface area contributed by atoms with Gasteiger partial charge in [-0.3, -0.25) is 4.98 Å². The average Bonchev–Trinajstić information content (AvgIpc) is 2.23. The van der Waals surface area contributed by atoms with Crippen LogP contribution in [0, 0.1) is 0 Å². The van der Waals surface area contributed by atoms with Gasteiger partial charge in [0.2, 0.25) is 0 Å². The zero-order valence-electron chi connectivity index (χ0n) is 7.42. The molecular formula is C10H7Br2NO. The van der Waals surface area contributed by atoms with Gasteiger partial charge in [-0.15, -0.1) is 0 Å². The molecule has 2 rings (SSSR count). The molecule has 0 unspecified atom stereocenters. The van der Waals surface area contributed by atoms with Gasteiger partial charge in [0.1, 0.15) is 5.75 Å². The van der Waals surface area contributed by atoms with Crippen LogP contribution >= 0.6 is 31.9 Å². The van der Waals surface area contributed by atoms with Crippen LogP contribution in [0.2, 0.25) is 0 Å². The van der Waals surface area contributed by atoms with Crippen molar-refractivity contribution in [3.63, 3.8) is 0 Å². The first-order chi connectivity index (χ1) is 6.72. The lowest BCUT2D eigenvalue weighted by atomic mass is 10.2. The van der Waals surface area contributed by atoms with Crippen LogP contribution in [0.3, 0.4) is 0 Å². The number of pyridine rings is 1. The minimum absolute atomic E-state index is 0.832. The molecule has 0 saturated heterocycles. The lowest BCUT2D eigenvalue weighted by molar-refractivity contribution is 0.415. The zero-order valence-corrected chi connectivity index (χ0v) is 10.6. The summed E-state index contributed by atoms with van der Waals surface area (Å²) in [6.45, 7) is 0. The topological polar surface area (TPSA) is 22.1 Å². The molecule has 0 radical (unpaired) electrons. The van der Waals surface area contributed by atoms with Crippen molar-refractivity contribution in [1.82, 2.24) is 4.98 Å². The van der Waals surface area contributed by atoms with Gasteiger partial charge in [-0.05, 0) is 50.1 Å². The first kappa shape index (κ1) is 9.93. The second-order valence-corrected chi connectivity index (χ2v) is 4.45. The van der Waals surface area contributed by atoms with E-state index in [1.165, 1.54) is 0 Å². The third kappa shape index (κ3) is 1.64. The molecule has 0 atom stereocenters. The highest BCUT2D eigenvalue weighted by atomic mass is 79.9. The Labute approximate surface area is 98.5 Å². The maximum Gasteiger partial charge on any atom is 0.119 e. The van der Waals surface area contributed by atoms with Crippen molar-refractivity contribution in [3.05, 3.63) is 33.3 Å². The maximum absolute atomic E-state index is 5.15. The molecule has 1 heterocycles. The summed E-state index contributed by atoms with van der Waals surface area (Å²) < 4.78 is 7.10. The van der Waals surface area contributed by atoms with Crippen LogP contribution in [0.4, 0.5) is 0 Å². The van der Waals surface area contributed by atoms with Gasteiger partial charge in [0.15, 0.2) is 0 Å². The quantitative estimate of drug-likeness (QED) is 0.799. The molecule has 0 aliphatic heterocycles. The van der Waals surface area contributed by atoms with Crippen LogP contribution < -0.4 is 4.74 Å². The molecule has 2 nitrogen and oxygen atoms in total. The van der Waals surface area contributed by atoms with E-state index in [0.29, 0.717) is 0 Å². The molecule has 0 aliphatic carbocycles. The van der Waals surface area contributed by atoms with Gasteiger partial charge in [-0.25, -0.2) is 0 Å². The fourth-order valence-corrected chi connectivity index (χ4v) is 1.98. The van der Waals surface area contributed by atoms with Gasteiger partial charge in [0.25, 0.3) is 0 Å². The molecule has 1 aromatic carbocycles. The first-order valence-electron chi connectivity index (χ1n) is 4.00. The first-order valence-corrected chi connectivity index (χ1v) is 5.58. The van der Waals surface area contributed by atoms with E-state index in [1.54, 1.807) is 13.3 Å². The van der Waals surface area contributed by atoms with E-state index in [1.807, 2.05) is 18.2 Å². The Morgan fingerprint density at radius 2 is 2.07 bits per heavy atom. The summed E-state index contributed by atoms with van der Waals surface area (Å²) in [4.78, 5) is 4.28. The third-order valence-electron chi connectivity index (χ3n) is 1.97. The van der Waals surface area contributed by atoms with Gasteiger partial charge >= 0.3 is 0 Å². The Morgan fingerprint density at radius 3 is 2.79 bits per heavy atom. The smallest absolute Gasteiger partial charge is 0.119 e. The standard InChI is InChI=1S/C10H7Br2NO/c1-14-6-2-3-9-7(4-6)10(12)8(11)5-13-9/h2-5H,1H3. The lowest BCUT2D eigenvalue weighted by Crippen LogP contribution is -1.85. The number of fused-ring (bicyclic) bond motifs is 1. The van der Waals surface area contributed by atoms with E-state index in [0.717, 1.165) is 25.6 Å². The largest absolute Gasteiger partial charge is 0.497 e. The number of nitrogens with zero attached hydrogens (tertiary/aromatic N) is 1. The van der Waals surface area contributed by atoms with E-state index >= 15 is 0 Å². The van der Waals surface area contributed by atoms with Crippen molar-refractivity contribution in [2.24, 2.45) is 0 Å². The minimum atomic E-state index is 0.832. The van der Waals surface area contributed by atoms with Gasteiger partial charge in [-0.2, -0.15) is 0 Å². The van der Waals surface area contributed by atoms with E-state index in [2.05, 4.69) is 36.8 Å². The molecule has 4 heteroatoms. The van der Waals surface area contributed by atoms with E-state index < -0.39 is 0 Å². The van der Waals surface area contributed by atoms with Crippen molar-refractivity contribution in [3.8, 4) is 5.75 Å². The van der Waals surface area contributed by atoms with Crippen LogP contribution in [0.25, 0.3) is 10.9 Å². The molecule has 2 aromatic rings. The molecule has 72 valence electrons. The van der Waals surface area contributed by atoms with Gasteiger partial charge in [0.05, 0.1) is 17.1 Å². The van der Waals surface area contributed by atoms with Crippen LogP contribution in [0.1, 0.15) is 0 Å². The normalized spacial score (nSPS) is 10.5. The number of benzene rings is 1. The van der Waals surface area contributed by atoms with Crippen LogP contribution in [-0.4, -0.2) is 12.1 Å². The fourth-order valence-electron chi connectivity index (χ4n) is 1.24. The minimum Gasteiger partial charge on any atom is -0.497 e. The predicted molar refractivity (Wildman–Crippen MR) is 63.7 cm³/mol. The highest BCUT2D eigenvalue weighted by Gasteiger charge is 2.04. The summed E-state index contributed by atoms with van der Waals surface area (Å²) in [6.07, 6.45) is 1.78. The van der Waals surface area contributed by atoms with Crippen LogP contribution in [0.15, 0.2) is 33.3 Å². The van der Waals surface area contributed by atoms with Gasteiger partial charge in [0, 0.05) is 16.1 Å². The van der Waals surface area contributed by atoms with Crippen molar-refractivity contribution in [2.75, 3.05) is 7.11 Å². The van der Waals surface area contributed by atoms with Crippen molar-refractivity contribution < 1.29 is 4.74 Å². The summed E-state index contributed by atoms with van der Waals surface area (Å²) >= 11 is 6.91. The Kier molecular flexibility index (Phi) is 2.74. The van der Waals surface area contributed by atoms with Crippen LogP contribution in [0.5, 0.6) is 5.75 Å². The van der Waals surface area contributed by atoms with Gasteiger partial charge in [-0.1, -0.05) is 0 Å². The second-order valence-electron chi connectivity index (χ2n) is 2.80. The molecule has 0 saturated carbocycles. The summed E-state index contributed by atoms with van der Waals surface area (Å²) in [7, 11) is 1.65. The fraction of sp³-hybridized carbons (Fsp3) is 0.100. The average molecular weight is 317 g/mol. The summed E-state index contributed by atoms with van der Waals surface area (Å²) in [5.41, 5.74) is 0.945. The lowest BCUT2D eigenvalue weighted by Gasteiger charge is -2.04. The Morgan fingerprint density at radius 1 is 1.29 bits per heavy atom. The third-order valence-corrected chi connectivity index (χ3v) is 3.95. The molecular weight excluding hydrogens is 310 g/mol. The van der Waals surface area contributed by atoms with Crippen LogP contribution in [-0.2, 0) is 0 Å². The molecule has 0 spiro atoms. The monoisotopic (exact) mass is 315 g/mol. The van der Waals surface area contributed by atoms with E-state index in [9.17, 15) is 0 Å².